The Morgan fingerprint density at radius 1 is 1.13 bits per heavy atom. The summed E-state index contributed by atoms with van der Waals surface area (Å²) in [5, 5.41) is 0.277. The molecule has 23 heavy (non-hydrogen) atoms. The Hall–Kier alpha value is -1.56. The van der Waals surface area contributed by atoms with Gasteiger partial charge in [-0.05, 0) is 47.2 Å². The molecule has 0 saturated carbocycles. The minimum atomic E-state index is -0.292. The van der Waals surface area contributed by atoms with Crippen molar-refractivity contribution < 1.29 is 9.59 Å². The summed E-state index contributed by atoms with van der Waals surface area (Å²) < 4.78 is 0.911. The van der Waals surface area contributed by atoms with E-state index in [2.05, 4.69) is 15.9 Å². The molecule has 0 atom stereocenters. The fourth-order valence-corrected chi connectivity index (χ4v) is 3.65. The van der Waals surface area contributed by atoms with Crippen LogP contribution in [-0.4, -0.2) is 16.0 Å². The van der Waals surface area contributed by atoms with E-state index in [9.17, 15) is 9.59 Å². The zero-order chi connectivity index (χ0) is 16.4. The van der Waals surface area contributed by atoms with E-state index >= 15 is 0 Å². The molecule has 0 aromatic heterocycles. The number of carbonyl (C=O) groups is 2. The van der Waals surface area contributed by atoms with Crippen molar-refractivity contribution in [3.8, 4) is 0 Å². The van der Waals surface area contributed by atoms with Crippen LogP contribution in [0.5, 0.6) is 0 Å². The lowest BCUT2D eigenvalue weighted by molar-refractivity contribution is -0.123. The second-order valence-corrected chi connectivity index (χ2v) is 7.24. The molecule has 1 aliphatic rings. The first kappa shape index (κ1) is 16.3. The van der Waals surface area contributed by atoms with Gasteiger partial charge in [-0.25, -0.2) is 0 Å². The van der Waals surface area contributed by atoms with Crippen molar-refractivity contribution >= 4 is 56.5 Å². The van der Waals surface area contributed by atoms with E-state index in [4.69, 9.17) is 11.6 Å². The van der Waals surface area contributed by atoms with Crippen molar-refractivity contribution in [1.29, 1.82) is 0 Å². The van der Waals surface area contributed by atoms with Crippen molar-refractivity contribution in [3.63, 3.8) is 0 Å². The maximum absolute atomic E-state index is 12.5. The van der Waals surface area contributed by atoms with Crippen molar-refractivity contribution in [3.05, 3.63) is 74.1 Å². The molecule has 1 aliphatic heterocycles. The fraction of sp³-hybridized carbons (Fsp3) is 0.0588. The third kappa shape index (κ3) is 3.68. The minimum Gasteiger partial charge on any atom is -0.268 e. The van der Waals surface area contributed by atoms with E-state index in [0.717, 1.165) is 27.4 Å². The lowest BCUT2D eigenvalue weighted by Gasteiger charge is -2.12. The zero-order valence-electron chi connectivity index (χ0n) is 11.8. The predicted octanol–water partition coefficient (Wildman–Crippen LogP) is 5.34. The van der Waals surface area contributed by atoms with Gasteiger partial charge in [0, 0.05) is 9.50 Å². The molecular weight excluding hydrogens is 398 g/mol. The van der Waals surface area contributed by atoms with Gasteiger partial charge < -0.3 is 0 Å². The molecule has 2 aromatic rings. The molecule has 2 amide bonds. The van der Waals surface area contributed by atoms with Crippen LogP contribution in [0.25, 0.3) is 6.08 Å². The van der Waals surface area contributed by atoms with E-state index in [0.29, 0.717) is 9.93 Å². The fourth-order valence-electron chi connectivity index (χ4n) is 2.19. The first-order chi connectivity index (χ1) is 11.0. The summed E-state index contributed by atoms with van der Waals surface area (Å²) in [6, 6.07) is 14.8. The second kappa shape index (κ2) is 6.91. The van der Waals surface area contributed by atoms with Gasteiger partial charge in [-0.2, -0.15) is 0 Å². The van der Waals surface area contributed by atoms with Crippen LogP contribution < -0.4 is 0 Å². The summed E-state index contributed by atoms with van der Waals surface area (Å²) in [4.78, 5) is 26.3. The number of hydrogen-bond donors (Lipinski definition) is 0. The number of imide groups is 1. The Morgan fingerprint density at radius 2 is 1.91 bits per heavy atom. The predicted molar refractivity (Wildman–Crippen MR) is 97.1 cm³/mol. The Balaban J connectivity index is 1.84. The lowest BCUT2D eigenvalue weighted by atomic mass is 10.2. The lowest BCUT2D eigenvalue weighted by Crippen LogP contribution is -2.27. The normalized spacial score (nSPS) is 16.4. The van der Waals surface area contributed by atoms with Gasteiger partial charge in [0.1, 0.15) is 0 Å². The van der Waals surface area contributed by atoms with Gasteiger partial charge in [0.05, 0.1) is 11.4 Å². The highest BCUT2D eigenvalue weighted by Gasteiger charge is 2.35. The largest absolute Gasteiger partial charge is 0.293 e. The van der Waals surface area contributed by atoms with Crippen LogP contribution in [-0.2, 0) is 11.3 Å². The quantitative estimate of drug-likeness (QED) is 0.643. The second-order valence-electron chi connectivity index (χ2n) is 4.92. The van der Waals surface area contributed by atoms with Crippen molar-refractivity contribution in [2.75, 3.05) is 0 Å². The van der Waals surface area contributed by atoms with Gasteiger partial charge in [0.15, 0.2) is 0 Å². The Labute approximate surface area is 151 Å². The first-order valence-electron chi connectivity index (χ1n) is 6.79. The van der Waals surface area contributed by atoms with E-state index in [1.807, 2.05) is 42.5 Å². The molecule has 1 saturated heterocycles. The molecule has 1 heterocycles. The van der Waals surface area contributed by atoms with E-state index in [1.165, 1.54) is 4.90 Å². The molecule has 0 unspecified atom stereocenters. The highest BCUT2D eigenvalue weighted by atomic mass is 79.9. The summed E-state index contributed by atoms with van der Waals surface area (Å²) in [5.41, 5.74) is 1.61. The summed E-state index contributed by atoms with van der Waals surface area (Å²) >= 11 is 10.4. The molecule has 116 valence electrons. The summed E-state index contributed by atoms with van der Waals surface area (Å²) in [7, 11) is 0. The highest BCUT2D eigenvalue weighted by Crippen LogP contribution is 2.34. The molecule has 3 rings (SSSR count). The van der Waals surface area contributed by atoms with Crippen LogP contribution in [0.1, 0.15) is 11.1 Å². The van der Waals surface area contributed by atoms with Crippen LogP contribution in [0, 0.1) is 0 Å². The van der Waals surface area contributed by atoms with E-state index < -0.39 is 0 Å². The van der Waals surface area contributed by atoms with Gasteiger partial charge >= 0.3 is 0 Å². The Morgan fingerprint density at radius 3 is 2.65 bits per heavy atom. The minimum absolute atomic E-state index is 0.254. The van der Waals surface area contributed by atoms with Gasteiger partial charge in [-0.3, -0.25) is 14.5 Å². The summed E-state index contributed by atoms with van der Waals surface area (Å²) in [5.74, 6) is -0.292. The van der Waals surface area contributed by atoms with Crippen LogP contribution >= 0.6 is 39.3 Å². The first-order valence-corrected chi connectivity index (χ1v) is 8.77. The van der Waals surface area contributed by atoms with Gasteiger partial charge in [-0.1, -0.05) is 57.9 Å². The third-order valence-electron chi connectivity index (χ3n) is 3.30. The average molecular weight is 409 g/mol. The van der Waals surface area contributed by atoms with Crippen molar-refractivity contribution in [2.24, 2.45) is 0 Å². The molecule has 1 fully saturated rings. The molecule has 0 aliphatic carbocycles. The smallest absolute Gasteiger partial charge is 0.268 e. The highest BCUT2D eigenvalue weighted by molar-refractivity contribution is 9.10. The van der Waals surface area contributed by atoms with Crippen molar-refractivity contribution in [2.45, 2.75) is 6.54 Å². The molecule has 2 aromatic carbocycles. The number of amides is 2. The van der Waals surface area contributed by atoms with Crippen LogP contribution in [0.3, 0.4) is 0 Å². The van der Waals surface area contributed by atoms with Crippen LogP contribution in [0.15, 0.2) is 57.9 Å². The average Bonchev–Trinajstić information content (AvgIpc) is 2.77. The van der Waals surface area contributed by atoms with Crippen LogP contribution in [0.2, 0.25) is 5.02 Å². The van der Waals surface area contributed by atoms with Gasteiger partial charge in [-0.15, -0.1) is 0 Å². The van der Waals surface area contributed by atoms with Crippen molar-refractivity contribution in [1.82, 2.24) is 4.90 Å². The number of hydrogen-bond acceptors (Lipinski definition) is 3. The molecule has 3 nitrogen and oxygen atoms in total. The topological polar surface area (TPSA) is 37.4 Å². The monoisotopic (exact) mass is 407 g/mol. The molecule has 0 spiro atoms. The summed E-state index contributed by atoms with van der Waals surface area (Å²) in [6.45, 7) is 0.254. The number of benzene rings is 2. The molecule has 6 heteroatoms. The maximum atomic E-state index is 12.5. The third-order valence-corrected chi connectivity index (χ3v) is 5.04. The Kier molecular flexibility index (Phi) is 4.90. The van der Waals surface area contributed by atoms with E-state index in [-0.39, 0.29) is 17.7 Å². The SMILES string of the molecule is O=C1S/C(=C/c2ccccc2Cl)C(=O)N1Cc1cccc(Br)c1. The number of nitrogens with zero attached hydrogens (tertiary/aromatic N) is 1. The Bertz CT molecular complexity index is 822. The molecular formula is C17H11BrClNO2S. The van der Waals surface area contributed by atoms with Gasteiger partial charge in [0.25, 0.3) is 11.1 Å². The number of carbonyl (C=O) groups excluding carboxylic acids is 2. The molecule has 0 radical (unpaired) electrons. The number of halogens is 2. The van der Waals surface area contributed by atoms with Crippen LogP contribution in [0.4, 0.5) is 4.79 Å². The number of rotatable bonds is 3. The zero-order valence-corrected chi connectivity index (χ0v) is 15.0. The summed E-state index contributed by atoms with van der Waals surface area (Å²) in [6.07, 6.45) is 1.66. The van der Waals surface area contributed by atoms with Gasteiger partial charge in [0.2, 0.25) is 0 Å². The number of thioether (sulfide) groups is 1. The molecule has 0 N–H and O–H groups in total. The standard InChI is InChI=1S/C17H11BrClNO2S/c18-13-6-3-4-11(8-13)10-20-16(21)15(23-17(20)22)9-12-5-1-2-7-14(12)19/h1-9H,10H2/b15-9+. The molecule has 0 bridgehead atoms. The maximum Gasteiger partial charge on any atom is 0.293 e. The van der Waals surface area contributed by atoms with E-state index in [1.54, 1.807) is 12.1 Å².